The van der Waals surface area contributed by atoms with Gasteiger partial charge in [0.25, 0.3) is 6.43 Å². The monoisotopic (exact) mass is 246 g/mol. The number of nitrogens with zero attached hydrogens (tertiary/aromatic N) is 3. The van der Waals surface area contributed by atoms with Gasteiger partial charge in [-0.3, -0.25) is 4.90 Å². The zero-order chi connectivity index (χ0) is 12.8. The Morgan fingerprint density at radius 1 is 1.47 bits per heavy atom. The van der Waals surface area contributed by atoms with Crippen LogP contribution in [0.5, 0.6) is 0 Å². The van der Waals surface area contributed by atoms with Gasteiger partial charge in [-0.15, -0.1) is 0 Å². The van der Waals surface area contributed by atoms with E-state index in [1.165, 1.54) is 4.90 Å². The van der Waals surface area contributed by atoms with E-state index in [0.29, 0.717) is 17.3 Å². The molecule has 7 heteroatoms. The number of aliphatic hydroxyl groups excluding tert-OH is 1. The Morgan fingerprint density at radius 3 is 2.71 bits per heavy atom. The van der Waals surface area contributed by atoms with Crippen molar-refractivity contribution in [2.75, 3.05) is 25.4 Å². The molecule has 17 heavy (non-hydrogen) atoms. The van der Waals surface area contributed by atoms with Gasteiger partial charge in [0.1, 0.15) is 11.6 Å². The van der Waals surface area contributed by atoms with E-state index in [0.717, 1.165) is 0 Å². The predicted octanol–water partition coefficient (Wildman–Crippen LogP) is 0.427. The third kappa shape index (κ3) is 5.01. The molecular weight excluding hydrogens is 230 g/mol. The maximum Gasteiger partial charge on any atom is 0.251 e. The number of nitrogen functional groups attached to an aromatic ring is 1. The van der Waals surface area contributed by atoms with Gasteiger partial charge in [-0.05, 0) is 6.92 Å². The molecule has 96 valence electrons. The Hall–Kier alpha value is -1.34. The molecule has 0 fully saturated rings. The van der Waals surface area contributed by atoms with Gasteiger partial charge in [0.05, 0.1) is 19.7 Å². The number of aliphatic hydroxyl groups is 1. The Kier molecular flexibility index (Phi) is 5.17. The second-order valence-electron chi connectivity index (χ2n) is 3.70. The lowest BCUT2D eigenvalue weighted by Gasteiger charge is -2.19. The minimum atomic E-state index is -2.45. The lowest BCUT2D eigenvalue weighted by atomic mass is 10.4. The molecule has 0 atom stereocenters. The number of anilines is 1. The van der Waals surface area contributed by atoms with E-state index in [4.69, 9.17) is 10.8 Å². The third-order valence-electron chi connectivity index (χ3n) is 2.10. The van der Waals surface area contributed by atoms with Gasteiger partial charge in [0.2, 0.25) is 0 Å². The molecule has 0 bridgehead atoms. The van der Waals surface area contributed by atoms with Gasteiger partial charge >= 0.3 is 0 Å². The summed E-state index contributed by atoms with van der Waals surface area (Å²) in [5, 5.41) is 8.78. The van der Waals surface area contributed by atoms with Crippen LogP contribution in [0.2, 0.25) is 0 Å². The number of hydrogen-bond acceptors (Lipinski definition) is 5. The SMILES string of the molecule is Cc1cc(N)nc(CN(CCO)CC(F)F)n1. The summed E-state index contributed by atoms with van der Waals surface area (Å²) in [6.07, 6.45) is -2.45. The first-order chi connectivity index (χ1) is 8.01. The zero-order valence-corrected chi connectivity index (χ0v) is 9.61. The highest BCUT2D eigenvalue weighted by atomic mass is 19.3. The minimum absolute atomic E-state index is 0.150. The van der Waals surface area contributed by atoms with E-state index in [-0.39, 0.29) is 19.7 Å². The van der Waals surface area contributed by atoms with Gasteiger partial charge < -0.3 is 10.8 Å². The number of nitrogens with two attached hydrogens (primary N) is 1. The Labute approximate surface area is 98.3 Å². The van der Waals surface area contributed by atoms with Crippen LogP contribution in [-0.2, 0) is 6.54 Å². The van der Waals surface area contributed by atoms with Gasteiger partial charge in [0, 0.05) is 18.3 Å². The fourth-order valence-electron chi connectivity index (χ4n) is 1.50. The second-order valence-corrected chi connectivity index (χ2v) is 3.70. The smallest absolute Gasteiger partial charge is 0.251 e. The highest BCUT2D eigenvalue weighted by molar-refractivity contribution is 5.29. The minimum Gasteiger partial charge on any atom is -0.395 e. The number of halogens is 2. The van der Waals surface area contributed by atoms with Gasteiger partial charge in [-0.25, -0.2) is 18.7 Å². The normalized spacial score (nSPS) is 11.4. The molecule has 0 saturated heterocycles. The quantitative estimate of drug-likeness (QED) is 0.761. The lowest BCUT2D eigenvalue weighted by molar-refractivity contribution is 0.0734. The number of alkyl halides is 2. The van der Waals surface area contributed by atoms with Gasteiger partial charge in [0.15, 0.2) is 0 Å². The molecule has 0 aliphatic rings. The van der Waals surface area contributed by atoms with Crippen molar-refractivity contribution in [3.05, 3.63) is 17.6 Å². The molecule has 0 aliphatic heterocycles. The van der Waals surface area contributed by atoms with Crippen molar-refractivity contribution in [2.24, 2.45) is 0 Å². The fourth-order valence-corrected chi connectivity index (χ4v) is 1.50. The molecule has 1 aromatic rings. The van der Waals surface area contributed by atoms with Crippen molar-refractivity contribution >= 4 is 5.82 Å². The van der Waals surface area contributed by atoms with Crippen molar-refractivity contribution in [1.82, 2.24) is 14.9 Å². The number of hydrogen-bond donors (Lipinski definition) is 2. The van der Waals surface area contributed by atoms with Crippen LogP contribution < -0.4 is 5.73 Å². The molecule has 0 aliphatic carbocycles. The first-order valence-corrected chi connectivity index (χ1v) is 5.22. The molecule has 0 spiro atoms. The summed E-state index contributed by atoms with van der Waals surface area (Å²) < 4.78 is 24.6. The largest absolute Gasteiger partial charge is 0.395 e. The number of rotatable bonds is 6. The van der Waals surface area contributed by atoms with Gasteiger partial charge in [-0.1, -0.05) is 0 Å². The lowest BCUT2D eigenvalue weighted by Crippen LogP contribution is -2.32. The van der Waals surface area contributed by atoms with E-state index >= 15 is 0 Å². The van der Waals surface area contributed by atoms with Crippen molar-refractivity contribution in [3.8, 4) is 0 Å². The Bertz CT molecular complexity index is 342. The molecule has 0 saturated carbocycles. The van der Waals surface area contributed by atoms with Crippen molar-refractivity contribution in [3.63, 3.8) is 0 Å². The standard InChI is InChI=1S/C10H16F2N4O/c1-7-4-9(13)15-10(14-7)6-16(2-3-17)5-8(11)12/h4,8,17H,2-3,5-6H2,1H3,(H2,13,14,15). The summed E-state index contributed by atoms with van der Waals surface area (Å²) in [4.78, 5) is 9.45. The number of aromatic nitrogens is 2. The van der Waals surface area contributed by atoms with Crippen LogP contribution in [0.1, 0.15) is 11.5 Å². The molecular formula is C10H16F2N4O. The summed E-state index contributed by atoms with van der Waals surface area (Å²) in [5.41, 5.74) is 6.23. The first-order valence-electron chi connectivity index (χ1n) is 5.22. The molecule has 0 unspecified atom stereocenters. The van der Waals surface area contributed by atoms with E-state index in [1.54, 1.807) is 13.0 Å². The molecule has 1 heterocycles. The average molecular weight is 246 g/mol. The van der Waals surface area contributed by atoms with E-state index < -0.39 is 13.0 Å². The highest BCUT2D eigenvalue weighted by Gasteiger charge is 2.13. The van der Waals surface area contributed by atoms with Gasteiger partial charge in [-0.2, -0.15) is 0 Å². The average Bonchev–Trinajstić information content (AvgIpc) is 2.14. The predicted molar refractivity (Wildman–Crippen MR) is 59.5 cm³/mol. The molecule has 5 nitrogen and oxygen atoms in total. The maximum atomic E-state index is 12.3. The topological polar surface area (TPSA) is 75.3 Å². The zero-order valence-electron chi connectivity index (χ0n) is 9.61. The Balaban J connectivity index is 2.70. The maximum absolute atomic E-state index is 12.3. The van der Waals surface area contributed by atoms with Crippen LogP contribution in [0.3, 0.4) is 0 Å². The van der Waals surface area contributed by atoms with Crippen LogP contribution in [-0.4, -0.2) is 46.1 Å². The van der Waals surface area contributed by atoms with Crippen LogP contribution >= 0.6 is 0 Å². The van der Waals surface area contributed by atoms with Crippen LogP contribution in [0.25, 0.3) is 0 Å². The Morgan fingerprint density at radius 2 is 2.18 bits per heavy atom. The summed E-state index contributed by atoms with van der Waals surface area (Å²) in [5.74, 6) is 0.699. The molecule has 0 radical (unpaired) electrons. The van der Waals surface area contributed by atoms with Crippen LogP contribution in [0, 0.1) is 6.92 Å². The summed E-state index contributed by atoms with van der Waals surface area (Å²) >= 11 is 0. The second kappa shape index (κ2) is 6.41. The molecule has 0 aromatic carbocycles. The third-order valence-corrected chi connectivity index (χ3v) is 2.10. The van der Waals surface area contributed by atoms with E-state index in [1.807, 2.05) is 0 Å². The van der Waals surface area contributed by atoms with E-state index in [2.05, 4.69) is 9.97 Å². The van der Waals surface area contributed by atoms with Crippen molar-refractivity contribution in [2.45, 2.75) is 19.9 Å². The number of aryl methyl sites for hydroxylation is 1. The van der Waals surface area contributed by atoms with Crippen LogP contribution in [0.15, 0.2) is 6.07 Å². The fraction of sp³-hybridized carbons (Fsp3) is 0.600. The molecule has 0 amide bonds. The summed E-state index contributed by atoms with van der Waals surface area (Å²) in [6.45, 7) is 1.45. The highest BCUT2D eigenvalue weighted by Crippen LogP contribution is 2.06. The van der Waals surface area contributed by atoms with Crippen molar-refractivity contribution < 1.29 is 13.9 Å². The summed E-state index contributed by atoms with van der Waals surface area (Å²) in [6, 6.07) is 1.60. The summed E-state index contributed by atoms with van der Waals surface area (Å²) in [7, 11) is 0. The van der Waals surface area contributed by atoms with Crippen LogP contribution in [0.4, 0.5) is 14.6 Å². The van der Waals surface area contributed by atoms with Crippen molar-refractivity contribution in [1.29, 1.82) is 0 Å². The molecule has 1 aromatic heterocycles. The first kappa shape index (κ1) is 13.7. The van der Waals surface area contributed by atoms with E-state index in [9.17, 15) is 8.78 Å². The molecule has 3 N–H and O–H groups in total. The molecule has 1 rings (SSSR count).